The third kappa shape index (κ3) is 3.65. The largest absolute Gasteiger partial charge is 0.489 e. The predicted octanol–water partition coefficient (Wildman–Crippen LogP) is 1.77. The molecule has 3 nitrogen and oxygen atoms in total. The third-order valence-electron chi connectivity index (χ3n) is 3.19. The minimum atomic E-state index is -0.657. The van der Waals surface area contributed by atoms with Crippen molar-refractivity contribution in [3.63, 3.8) is 0 Å². The summed E-state index contributed by atoms with van der Waals surface area (Å²) in [5.41, 5.74) is 5.81. The molecule has 0 saturated carbocycles. The van der Waals surface area contributed by atoms with E-state index >= 15 is 0 Å². The van der Waals surface area contributed by atoms with Gasteiger partial charge in [-0.05, 0) is 38.1 Å². The molecular weight excluding hydrogens is 238 g/mol. The van der Waals surface area contributed by atoms with Gasteiger partial charge in [-0.25, -0.2) is 8.78 Å². The van der Waals surface area contributed by atoms with Gasteiger partial charge in [-0.2, -0.15) is 0 Å². The molecule has 1 fully saturated rings. The summed E-state index contributed by atoms with van der Waals surface area (Å²) >= 11 is 0. The first kappa shape index (κ1) is 13.2. The number of nitrogens with zero attached hydrogens (tertiary/aromatic N) is 1. The third-order valence-corrected chi connectivity index (χ3v) is 3.19. The Labute approximate surface area is 106 Å². The maximum Gasteiger partial charge on any atom is 0.167 e. The Morgan fingerprint density at radius 3 is 2.67 bits per heavy atom. The molecule has 0 spiro atoms. The van der Waals surface area contributed by atoms with E-state index in [2.05, 4.69) is 4.90 Å². The first-order valence-corrected chi connectivity index (χ1v) is 6.21. The average Bonchev–Trinajstić information content (AvgIpc) is 2.34. The van der Waals surface area contributed by atoms with E-state index in [1.807, 2.05) is 0 Å². The zero-order valence-electron chi connectivity index (χ0n) is 10.2. The maximum absolute atomic E-state index is 13.3. The Hall–Kier alpha value is -1.20. The highest BCUT2D eigenvalue weighted by molar-refractivity contribution is 5.24. The van der Waals surface area contributed by atoms with E-state index in [0.717, 1.165) is 38.5 Å². The van der Waals surface area contributed by atoms with Crippen molar-refractivity contribution in [1.29, 1.82) is 0 Å². The number of nitrogens with two attached hydrogens (primary N) is 1. The molecule has 100 valence electrons. The minimum absolute atomic E-state index is 0.102. The molecule has 0 radical (unpaired) electrons. The van der Waals surface area contributed by atoms with Crippen molar-refractivity contribution in [2.45, 2.75) is 18.9 Å². The van der Waals surface area contributed by atoms with Crippen LogP contribution in [0.5, 0.6) is 5.75 Å². The molecule has 1 aromatic carbocycles. The lowest BCUT2D eigenvalue weighted by Gasteiger charge is -2.29. The predicted molar refractivity (Wildman–Crippen MR) is 65.5 cm³/mol. The lowest BCUT2D eigenvalue weighted by molar-refractivity contribution is 0.171. The molecule has 2 rings (SSSR count). The second kappa shape index (κ2) is 6.11. The Morgan fingerprint density at radius 2 is 2.00 bits per heavy atom. The monoisotopic (exact) mass is 256 g/mol. The topological polar surface area (TPSA) is 38.5 Å². The summed E-state index contributed by atoms with van der Waals surface area (Å²) in [5.74, 6) is -1.15. The van der Waals surface area contributed by atoms with E-state index in [9.17, 15) is 8.78 Å². The smallest absolute Gasteiger partial charge is 0.167 e. The van der Waals surface area contributed by atoms with Gasteiger partial charge < -0.3 is 10.5 Å². The van der Waals surface area contributed by atoms with Crippen molar-refractivity contribution in [2.24, 2.45) is 5.73 Å². The molecule has 0 aromatic heterocycles. The van der Waals surface area contributed by atoms with Crippen molar-refractivity contribution in [3.8, 4) is 5.75 Å². The summed E-state index contributed by atoms with van der Waals surface area (Å²) in [6.07, 6.45) is 1.98. The lowest BCUT2D eigenvalue weighted by Crippen LogP contribution is -2.41. The highest BCUT2D eigenvalue weighted by Gasteiger charge is 2.15. The Kier molecular flexibility index (Phi) is 4.49. The highest BCUT2D eigenvalue weighted by atomic mass is 19.1. The summed E-state index contributed by atoms with van der Waals surface area (Å²) in [6, 6.07) is 3.64. The van der Waals surface area contributed by atoms with E-state index in [4.69, 9.17) is 10.5 Å². The van der Waals surface area contributed by atoms with Crippen molar-refractivity contribution in [2.75, 3.05) is 26.2 Å². The summed E-state index contributed by atoms with van der Waals surface area (Å²) in [4.78, 5) is 2.24. The number of ether oxygens (including phenoxy) is 1. The van der Waals surface area contributed by atoms with Gasteiger partial charge in [0.15, 0.2) is 11.6 Å². The van der Waals surface area contributed by atoms with Crippen LogP contribution in [0.15, 0.2) is 18.2 Å². The maximum atomic E-state index is 13.3. The molecular formula is C13H18F2N2O. The molecule has 0 bridgehead atoms. The molecule has 0 amide bonds. The van der Waals surface area contributed by atoms with Gasteiger partial charge in [0, 0.05) is 18.7 Å². The van der Waals surface area contributed by atoms with Crippen LogP contribution in [0.4, 0.5) is 8.78 Å². The number of piperidine rings is 1. The van der Waals surface area contributed by atoms with Crippen LogP contribution in [0, 0.1) is 11.6 Å². The van der Waals surface area contributed by atoms with Gasteiger partial charge in [-0.1, -0.05) is 0 Å². The molecule has 1 aliphatic rings. The number of benzene rings is 1. The average molecular weight is 256 g/mol. The van der Waals surface area contributed by atoms with Gasteiger partial charge in [0.1, 0.15) is 12.4 Å². The van der Waals surface area contributed by atoms with Crippen LogP contribution in [0.2, 0.25) is 0 Å². The van der Waals surface area contributed by atoms with Crippen molar-refractivity contribution in [1.82, 2.24) is 4.90 Å². The minimum Gasteiger partial charge on any atom is -0.489 e. The van der Waals surface area contributed by atoms with Gasteiger partial charge in [0.2, 0.25) is 0 Å². The standard InChI is InChI=1S/C13H18F2N2O/c14-10-1-2-13(12(15)9-10)18-8-7-17-5-3-11(16)4-6-17/h1-2,9,11H,3-8,16H2. The molecule has 0 aliphatic carbocycles. The van der Waals surface area contributed by atoms with Crippen molar-refractivity contribution in [3.05, 3.63) is 29.8 Å². The van der Waals surface area contributed by atoms with Gasteiger partial charge in [-0.15, -0.1) is 0 Å². The molecule has 0 unspecified atom stereocenters. The molecule has 1 heterocycles. The SMILES string of the molecule is NC1CCN(CCOc2ccc(F)cc2F)CC1. The molecule has 1 saturated heterocycles. The van der Waals surface area contributed by atoms with Gasteiger partial charge in [-0.3, -0.25) is 4.90 Å². The van der Waals surface area contributed by atoms with Crippen LogP contribution in [-0.2, 0) is 0 Å². The normalized spacial score (nSPS) is 17.9. The van der Waals surface area contributed by atoms with Crippen LogP contribution in [0.25, 0.3) is 0 Å². The fourth-order valence-corrected chi connectivity index (χ4v) is 2.05. The first-order chi connectivity index (χ1) is 8.65. The van der Waals surface area contributed by atoms with Gasteiger partial charge in [0.25, 0.3) is 0 Å². The van der Waals surface area contributed by atoms with Crippen LogP contribution < -0.4 is 10.5 Å². The Bertz CT molecular complexity index is 393. The van der Waals surface area contributed by atoms with Crippen molar-refractivity contribution < 1.29 is 13.5 Å². The molecule has 0 atom stereocenters. The van der Waals surface area contributed by atoms with Crippen LogP contribution in [-0.4, -0.2) is 37.2 Å². The van der Waals surface area contributed by atoms with Crippen LogP contribution in [0.3, 0.4) is 0 Å². The number of halogens is 2. The number of rotatable bonds is 4. The molecule has 2 N–H and O–H groups in total. The first-order valence-electron chi connectivity index (χ1n) is 6.21. The zero-order chi connectivity index (χ0) is 13.0. The lowest BCUT2D eigenvalue weighted by atomic mass is 10.1. The molecule has 1 aromatic rings. The zero-order valence-corrected chi connectivity index (χ0v) is 10.2. The fourth-order valence-electron chi connectivity index (χ4n) is 2.05. The highest BCUT2D eigenvalue weighted by Crippen LogP contribution is 2.17. The second-order valence-corrected chi connectivity index (χ2v) is 4.60. The second-order valence-electron chi connectivity index (χ2n) is 4.60. The van der Waals surface area contributed by atoms with Gasteiger partial charge in [0.05, 0.1) is 0 Å². The summed E-state index contributed by atoms with van der Waals surface area (Å²) in [5, 5.41) is 0. The van der Waals surface area contributed by atoms with Crippen LogP contribution in [0.1, 0.15) is 12.8 Å². The van der Waals surface area contributed by atoms with Crippen LogP contribution >= 0.6 is 0 Å². The van der Waals surface area contributed by atoms with Crippen molar-refractivity contribution >= 4 is 0 Å². The van der Waals surface area contributed by atoms with E-state index in [1.54, 1.807) is 0 Å². The summed E-state index contributed by atoms with van der Waals surface area (Å²) in [6.45, 7) is 3.05. The number of likely N-dealkylation sites (tertiary alicyclic amines) is 1. The molecule has 1 aliphatic heterocycles. The van der Waals surface area contributed by atoms with E-state index in [0.29, 0.717) is 12.6 Å². The quantitative estimate of drug-likeness (QED) is 0.892. The summed E-state index contributed by atoms with van der Waals surface area (Å²) < 4.78 is 31.3. The number of hydrogen-bond donors (Lipinski definition) is 1. The number of hydrogen-bond acceptors (Lipinski definition) is 3. The molecule has 18 heavy (non-hydrogen) atoms. The van der Waals surface area contributed by atoms with Gasteiger partial charge >= 0.3 is 0 Å². The fraction of sp³-hybridized carbons (Fsp3) is 0.538. The van der Waals surface area contributed by atoms with E-state index in [-0.39, 0.29) is 5.75 Å². The Balaban J connectivity index is 1.75. The van der Waals surface area contributed by atoms with E-state index in [1.165, 1.54) is 12.1 Å². The Morgan fingerprint density at radius 1 is 1.28 bits per heavy atom. The molecule has 5 heteroatoms. The van der Waals surface area contributed by atoms with E-state index < -0.39 is 11.6 Å². The summed E-state index contributed by atoms with van der Waals surface area (Å²) in [7, 11) is 0.